The molecule has 0 bridgehead atoms. The zero-order chi connectivity index (χ0) is 13.8. The fraction of sp³-hybridized carbons (Fsp3) is 0.188. The summed E-state index contributed by atoms with van der Waals surface area (Å²) in [6.07, 6.45) is 0.183. The van der Waals surface area contributed by atoms with E-state index in [0.29, 0.717) is 17.9 Å². The van der Waals surface area contributed by atoms with Crippen molar-refractivity contribution in [1.82, 2.24) is 5.32 Å². The first kappa shape index (κ1) is 12.7. The van der Waals surface area contributed by atoms with E-state index in [4.69, 9.17) is 9.47 Å². The molecule has 1 saturated heterocycles. The Kier molecular flexibility index (Phi) is 3.65. The van der Waals surface area contributed by atoms with Crippen molar-refractivity contribution in [2.75, 3.05) is 13.2 Å². The summed E-state index contributed by atoms with van der Waals surface area (Å²) in [6.45, 7) is 1.29. The smallest absolute Gasteiger partial charge is 0.251 e. The topological polar surface area (TPSA) is 50.9 Å². The van der Waals surface area contributed by atoms with E-state index >= 15 is 0 Å². The number of epoxide rings is 1. The highest BCUT2D eigenvalue weighted by atomic mass is 16.6. The van der Waals surface area contributed by atoms with Crippen LogP contribution >= 0.6 is 0 Å². The Morgan fingerprint density at radius 3 is 2.65 bits per heavy atom. The Morgan fingerprint density at radius 2 is 1.90 bits per heavy atom. The van der Waals surface area contributed by atoms with Crippen molar-refractivity contribution in [3.63, 3.8) is 0 Å². The Labute approximate surface area is 117 Å². The molecule has 102 valence electrons. The molecule has 1 N–H and O–H groups in total. The van der Waals surface area contributed by atoms with Gasteiger partial charge in [-0.1, -0.05) is 24.3 Å². The average molecular weight is 269 g/mol. The normalized spacial score (nSPS) is 16.5. The standard InChI is InChI=1S/C16H15NO3/c18-16(17-10-15-11-19-15)12-5-4-8-14(9-12)20-13-6-2-1-3-7-13/h1-9,15H,10-11H2,(H,17,18)/t15-/m0/s1. The molecular weight excluding hydrogens is 254 g/mol. The van der Waals surface area contributed by atoms with Crippen molar-refractivity contribution < 1.29 is 14.3 Å². The maximum atomic E-state index is 12.0. The van der Waals surface area contributed by atoms with Crippen molar-refractivity contribution in [2.24, 2.45) is 0 Å². The van der Waals surface area contributed by atoms with Gasteiger partial charge in [0.1, 0.15) is 11.5 Å². The van der Waals surface area contributed by atoms with E-state index in [1.165, 1.54) is 0 Å². The quantitative estimate of drug-likeness (QED) is 0.849. The van der Waals surface area contributed by atoms with Crippen LogP contribution in [0.25, 0.3) is 0 Å². The lowest BCUT2D eigenvalue weighted by atomic mass is 10.2. The molecule has 1 heterocycles. The number of ether oxygens (including phenoxy) is 2. The summed E-state index contributed by atoms with van der Waals surface area (Å²) in [5.41, 5.74) is 0.582. The van der Waals surface area contributed by atoms with Crippen LogP contribution in [-0.2, 0) is 4.74 Å². The lowest BCUT2D eigenvalue weighted by Gasteiger charge is -2.07. The average Bonchev–Trinajstić information content (AvgIpc) is 3.30. The summed E-state index contributed by atoms with van der Waals surface area (Å²) in [7, 11) is 0. The third-order valence-corrected chi connectivity index (χ3v) is 2.97. The van der Waals surface area contributed by atoms with Crippen LogP contribution in [0.2, 0.25) is 0 Å². The van der Waals surface area contributed by atoms with E-state index in [1.807, 2.05) is 36.4 Å². The number of nitrogens with one attached hydrogen (secondary N) is 1. The van der Waals surface area contributed by atoms with Crippen LogP contribution in [0.15, 0.2) is 54.6 Å². The molecule has 1 atom stereocenters. The van der Waals surface area contributed by atoms with Crippen molar-refractivity contribution in [1.29, 1.82) is 0 Å². The molecule has 0 radical (unpaired) electrons. The summed E-state index contributed by atoms with van der Waals surface area (Å²) in [5.74, 6) is 1.28. The monoisotopic (exact) mass is 269 g/mol. The predicted octanol–water partition coefficient (Wildman–Crippen LogP) is 2.61. The van der Waals surface area contributed by atoms with Crippen LogP contribution in [-0.4, -0.2) is 25.2 Å². The predicted molar refractivity (Wildman–Crippen MR) is 75.0 cm³/mol. The molecule has 1 fully saturated rings. The summed E-state index contributed by atoms with van der Waals surface area (Å²) >= 11 is 0. The van der Waals surface area contributed by atoms with Crippen molar-refractivity contribution in [2.45, 2.75) is 6.10 Å². The van der Waals surface area contributed by atoms with Crippen LogP contribution < -0.4 is 10.1 Å². The molecule has 0 saturated carbocycles. The zero-order valence-corrected chi connectivity index (χ0v) is 10.9. The van der Waals surface area contributed by atoms with E-state index in [0.717, 1.165) is 12.4 Å². The maximum Gasteiger partial charge on any atom is 0.251 e. The van der Waals surface area contributed by atoms with Crippen molar-refractivity contribution in [3.8, 4) is 11.5 Å². The van der Waals surface area contributed by atoms with Gasteiger partial charge in [0.25, 0.3) is 5.91 Å². The summed E-state index contributed by atoms with van der Waals surface area (Å²) < 4.78 is 10.8. The molecule has 4 heteroatoms. The van der Waals surface area contributed by atoms with Gasteiger partial charge in [0, 0.05) is 12.1 Å². The number of rotatable bonds is 5. The van der Waals surface area contributed by atoms with E-state index in [2.05, 4.69) is 5.32 Å². The van der Waals surface area contributed by atoms with Gasteiger partial charge in [0.15, 0.2) is 0 Å². The molecule has 4 nitrogen and oxygen atoms in total. The van der Waals surface area contributed by atoms with Crippen molar-refractivity contribution in [3.05, 3.63) is 60.2 Å². The van der Waals surface area contributed by atoms with Crippen LogP contribution in [0.3, 0.4) is 0 Å². The van der Waals surface area contributed by atoms with Gasteiger partial charge in [-0.15, -0.1) is 0 Å². The minimum absolute atomic E-state index is 0.112. The summed E-state index contributed by atoms with van der Waals surface area (Å²) in [5, 5.41) is 2.83. The Balaban J connectivity index is 1.67. The largest absolute Gasteiger partial charge is 0.457 e. The van der Waals surface area contributed by atoms with Crippen LogP contribution in [0.4, 0.5) is 0 Å². The third-order valence-electron chi connectivity index (χ3n) is 2.97. The molecule has 0 aromatic heterocycles. The molecule has 2 aromatic rings. The number of para-hydroxylation sites is 1. The molecule has 1 amide bonds. The third kappa shape index (κ3) is 3.36. The van der Waals surface area contributed by atoms with Crippen LogP contribution in [0.5, 0.6) is 11.5 Å². The Morgan fingerprint density at radius 1 is 1.15 bits per heavy atom. The summed E-state index contributed by atoms with van der Waals surface area (Å²) in [4.78, 5) is 12.0. The lowest BCUT2D eigenvalue weighted by Crippen LogP contribution is -2.27. The number of hydrogen-bond donors (Lipinski definition) is 1. The fourth-order valence-corrected chi connectivity index (χ4v) is 1.82. The highest BCUT2D eigenvalue weighted by Crippen LogP contribution is 2.21. The number of hydrogen-bond acceptors (Lipinski definition) is 3. The van der Waals surface area contributed by atoms with E-state index < -0.39 is 0 Å². The molecule has 2 aromatic carbocycles. The van der Waals surface area contributed by atoms with E-state index in [1.54, 1.807) is 18.2 Å². The second-order valence-electron chi connectivity index (χ2n) is 4.61. The molecule has 1 aliphatic heterocycles. The minimum Gasteiger partial charge on any atom is -0.457 e. The van der Waals surface area contributed by atoms with Gasteiger partial charge in [0.2, 0.25) is 0 Å². The fourth-order valence-electron chi connectivity index (χ4n) is 1.82. The Bertz CT molecular complexity index is 594. The molecule has 0 aliphatic carbocycles. The van der Waals surface area contributed by atoms with Gasteiger partial charge in [-0.2, -0.15) is 0 Å². The van der Waals surface area contributed by atoms with E-state index in [-0.39, 0.29) is 12.0 Å². The highest BCUT2D eigenvalue weighted by Gasteiger charge is 2.22. The van der Waals surface area contributed by atoms with Crippen molar-refractivity contribution >= 4 is 5.91 Å². The number of amides is 1. The SMILES string of the molecule is O=C(NC[C@H]1CO1)c1cccc(Oc2ccccc2)c1. The van der Waals surface area contributed by atoms with Gasteiger partial charge in [-0.05, 0) is 30.3 Å². The number of carbonyl (C=O) groups is 1. The highest BCUT2D eigenvalue weighted by molar-refractivity contribution is 5.94. The first-order valence-corrected chi connectivity index (χ1v) is 6.54. The molecule has 1 aliphatic rings. The van der Waals surface area contributed by atoms with Crippen LogP contribution in [0, 0.1) is 0 Å². The van der Waals surface area contributed by atoms with Crippen LogP contribution in [0.1, 0.15) is 10.4 Å². The van der Waals surface area contributed by atoms with Gasteiger partial charge in [0.05, 0.1) is 12.7 Å². The number of benzene rings is 2. The minimum atomic E-state index is -0.112. The second kappa shape index (κ2) is 5.75. The molecule has 0 unspecified atom stereocenters. The lowest BCUT2D eigenvalue weighted by molar-refractivity contribution is 0.0950. The molecular formula is C16H15NO3. The second-order valence-corrected chi connectivity index (χ2v) is 4.61. The number of carbonyl (C=O) groups excluding carboxylic acids is 1. The maximum absolute atomic E-state index is 12.0. The van der Waals surface area contributed by atoms with E-state index in [9.17, 15) is 4.79 Å². The Hall–Kier alpha value is -2.33. The zero-order valence-electron chi connectivity index (χ0n) is 10.9. The first-order valence-electron chi connectivity index (χ1n) is 6.54. The molecule has 3 rings (SSSR count). The van der Waals surface area contributed by atoms with Gasteiger partial charge >= 0.3 is 0 Å². The molecule has 20 heavy (non-hydrogen) atoms. The van der Waals surface area contributed by atoms with Gasteiger partial charge < -0.3 is 14.8 Å². The van der Waals surface area contributed by atoms with Gasteiger partial charge in [-0.25, -0.2) is 0 Å². The first-order chi connectivity index (χ1) is 9.81. The summed E-state index contributed by atoms with van der Waals surface area (Å²) in [6, 6.07) is 16.6. The van der Waals surface area contributed by atoms with Gasteiger partial charge in [-0.3, -0.25) is 4.79 Å². The molecule has 0 spiro atoms.